The van der Waals surface area contributed by atoms with E-state index in [-0.39, 0.29) is 5.43 Å². The van der Waals surface area contributed by atoms with Crippen molar-refractivity contribution >= 4 is 11.0 Å². The summed E-state index contributed by atoms with van der Waals surface area (Å²) < 4.78 is 10.9. The Morgan fingerprint density at radius 3 is 2.55 bits per heavy atom. The fourth-order valence-electron chi connectivity index (χ4n) is 2.21. The molecule has 108 valence electrons. The summed E-state index contributed by atoms with van der Waals surface area (Å²) in [6.45, 7) is 1.75. The summed E-state index contributed by atoms with van der Waals surface area (Å²) in [5, 5.41) is 0.474. The van der Waals surface area contributed by atoms with Crippen molar-refractivity contribution in [3.05, 3.63) is 75.6 Å². The van der Waals surface area contributed by atoms with Crippen molar-refractivity contribution < 1.29 is 9.15 Å². The highest BCUT2D eigenvalue weighted by atomic mass is 16.5. The molecule has 0 aliphatic heterocycles. The van der Waals surface area contributed by atoms with Crippen molar-refractivity contribution in [1.82, 2.24) is 0 Å². The zero-order chi connectivity index (χ0) is 15.5. The van der Waals surface area contributed by atoms with Crippen LogP contribution >= 0.6 is 0 Å². The molecular formula is C19H14O3. The van der Waals surface area contributed by atoms with Crippen molar-refractivity contribution in [2.24, 2.45) is 0 Å². The molecule has 0 N–H and O–H groups in total. The maximum Gasteiger partial charge on any atom is 0.208 e. The van der Waals surface area contributed by atoms with E-state index in [1.807, 2.05) is 30.3 Å². The number of hydrogen-bond acceptors (Lipinski definition) is 3. The van der Waals surface area contributed by atoms with Crippen molar-refractivity contribution in [3.8, 4) is 17.6 Å². The quantitative estimate of drug-likeness (QED) is 0.644. The molecule has 3 nitrogen and oxygen atoms in total. The lowest BCUT2D eigenvalue weighted by Gasteiger charge is -2.04. The van der Waals surface area contributed by atoms with E-state index in [2.05, 4.69) is 11.8 Å². The molecule has 3 rings (SSSR count). The second-order valence-corrected chi connectivity index (χ2v) is 4.84. The monoisotopic (exact) mass is 290 g/mol. The maximum atomic E-state index is 12.6. The van der Waals surface area contributed by atoms with Gasteiger partial charge in [0.05, 0.1) is 12.5 Å². The Hall–Kier alpha value is -2.99. The van der Waals surface area contributed by atoms with Crippen LogP contribution in [0, 0.1) is 18.8 Å². The Kier molecular flexibility index (Phi) is 3.67. The third kappa shape index (κ3) is 2.59. The molecule has 0 unspecified atom stereocenters. The molecule has 0 fully saturated rings. The van der Waals surface area contributed by atoms with E-state index in [1.165, 1.54) is 0 Å². The molecule has 22 heavy (non-hydrogen) atoms. The third-order valence-corrected chi connectivity index (χ3v) is 3.38. The second-order valence-electron chi connectivity index (χ2n) is 4.84. The predicted molar refractivity (Wildman–Crippen MR) is 86.2 cm³/mol. The highest BCUT2D eigenvalue weighted by molar-refractivity contribution is 5.79. The minimum Gasteiger partial charge on any atom is -0.497 e. The van der Waals surface area contributed by atoms with Gasteiger partial charge >= 0.3 is 0 Å². The fraction of sp³-hybridized carbons (Fsp3) is 0.105. The number of fused-ring (bicyclic) bond motifs is 1. The van der Waals surface area contributed by atoms with Crippen LogP contribution in [0.4, 0.5) is 0 Å². The largest absolute Gasteiger partial charge is 0.497 e. The zero-order valence-electron chi connectivity index (χ0n) is 12.3. The fourth-order valence-corrected chi connectivity index (χ4v) is 2.21. The molecular weight excluding hydrogens is 276 g/mol. The van der Waals surface area contributed by atoms with Gasteiger partial charge in [0, 0.05) is 5.56 Å². The average molecular weight is 290 g/mol. The SMILES string of the molecule is COc1ccc2oc(C)c(C#Cc3ccccc3)c(=O)c2c1. The number of hydrogen-bond donors (Lipinski definition) is 0. The molecule has 0 spiro atoms. The van der Waals surface area contributed by atoms with Crippen LogP contribution in [-0.2, 0) is 0 Å². The normalized spacial score (nSPS) is 10.1. The Labute approximate surface area is 128 Å². The van der Waals surface area contributed by atoms with Crippen LogP contribution in [-0.4, -0.2) is 7.11 Å². The molecule has 0 aliphatic rings. The van der Waals surface area contributed by atoms with Crippen LogP contribution in [0.15, 0.2) is 57.7 Å². The van der Waals surface area contributed by atoms with E-state index in [4.69, 9.17) is 9.15 Å². The van der Waals surface area contributed by atoms with E-state index < -0.39 is 0 Å². The summed E-state index contributed by atoms with van der Waals surface area (Å²) in [6, 6.07) is 14.7. The van der Waals surface area contributed by atoms with Crippen molar-refractivity contribution in [3.63, 3.8) is 0 Å². The summed E-state index contributed by atoms with van der Waals surface area (Å²) in [6.07, 6.45) is 0. The van der Waals surface area contributed by atoms with Crippen LogP contribution in [0.2, 0.25) is 0 Å². The first-order valence-electron chi connectivity index (χ1n) is 6.87. The molecule has 1 heterocycles. The number of benzene rings is 2. The summed E-state index contributed by atoms with van der Waals surface area (Å²) in [5.41, 5.74) is 1.63. The van der Waals surface area contributed by atoms with Gasteiger partial charge in [0.25, 0.3) is 0 Å². The van der Waals surface area contributed by atoms with E-state index in [0.717, 1.165) is 5.56 Å². The Morgan fingerprint density at radius 1 is 1.05 bits per heavy atom. The van der Waals surface area contributed by atoms with Crippen molar-refractivity contribution in [2.45, 2.75) is 6.92 Å². The molecule has 0 saturated carbocycles. The first kappa shape index (κ1) is 14.0. The van der Waals surface area contributed by atoms with Gasteiger partial charge in [-0.15, -0.1) is 0 Å². The lowest BCUT2D eigenvalue weighted by atomic mass is 10.1. The summed E-state index contributed by atoms with van der Waals surface area (Å²) in [7, 11) is 1.56. The van der Waals surface area contributed by atoms with E-state index in [9.17, 15) is 4.79 Å². The second kappa shape index (κ2) is 5.79. The molecule has 0 saturated heterocycles. The number of methoxy groups -OCH3 is 1. The summed E-state index contributed by atoms with van der Waals surface area (Å²) >= 11 is 0. The van der Waals surface area contributed by atoms with Crippen LogP contribution in [0.3, 0.4) is 0 Å². The van der Waals surface area contributed by atoms with E-state index in [0.29, 0.717) is 28.0 Å². The molecule has 1 aromatic heterocycles. The van der Waals surface area contributed by atoms with Crippen molar-refractivity contribution in [2.75, 3.05) is 7.11 Å². The van der Waals surface area contributed by atoms with Gasteiger partial charge in [0.1, 0.15) is 22.7 Å². The summed E-state index contributed by atoms with van der Waals surface area (Å²) in [4.78, 5) is 12.6. The van der Waals surface area contributed by atoms with Gasteiger partial charge in [0.15, 0.2) is 0 Å². The molecule has 0 radical (unpaired) electrons. The van der Waals surface area contributed by atoms with Gasteiger partial charge < -0.3 is 9.15 Å². The van der Waals surface area contributed by atoms with Gasteiger partial charge in [-0.2, -0.15) is 0 Å². The van der Waals surface area contributed by atoms with E-state index in [1.54, 1.807) is 32.2 Å². The topological polar surface area (TPSA) is 39.4 Å². The Bertz CT molecular complexity index is 941. The predicted octanol–water partition coefficient (Wildman–Crippen LogP) is 3.51. The first-order valence-corrected chi connectivity index (χ1v) is 6.87. The number of rotatable bonds is 1. The van der Waals surface area contributed by atoms with Gasteiger partial charge in [-0.25, -0.2) is 0 Å². The Balaban J connectivity index is 2.18. The van der Waals surface area contributed by atoms with Crippen molar-refractivity contribution in [1.29, 1.82) is 0 Å². The molecule has 3 heteroatoms. The Morgan fingerprint density at radius 2 is 1.82 bits per heavy atom. The molecule has 0 aliphatic carbocycles. The number of aryl methyl sites for hydroxylation is 1. The van der Waals surface area contributed by atoms with Crippen LogP contribution in [0.5, 0.6) is 5.75 Å². The average Bonchev–Trinajstić information content (AvgIpc) is 2.55. The van der Waals surface area contributed by atoms with Gasteiger partial charge in [0.2, 0.25) is 5.43 Å². The minimum absolute atomic E-state index is 0.138. The van der Waals surface area contributed by atoms with Gasteiger partial charge in [-0.05, 0) is 37.3 Å². The van der Waals surface area contributed by atoms with Crippen LogP contribution < -0.4 is 10.2 Å². The maximum absolute atomic E-state index is 12.6. The van der Waals surface area contributed by atoms with Crippen LogP contribution in [0.1, 0.15) is 16.9 Å². The molecule has 0 amide bonds. The first-order chi connectivity index (χ1) is 10.7. The summed E-state index contributed by atoms with van der Waals surface area (Å²) in [5.74, 6) is 7.06. The van der Waals surface area contributed by atoms with Gasteiger partial charge in [-0.3, -0.25) is 4.79 Å². The standard InChI is InChI=1S/C19H14O3/c1-13-16(10-8-14-6-4-3-5-7-14)19(20)17-12-15(21-2)9-11-18(17)22-13/h3-7,9,11-12H,1-2H3. The third-order valence-electron chi connectivity index (χ3n) is 3.38. The molecule has 0 bridgehead atoms. The van der Waals surface area contributed by atoms with Crippen LogP contribution in [0.25, 0.3) is 11.0 Å². The number of ether oxygens (including phenoxy) is 1. The lowest BCUT2D eigenvalue weighted by molar-refractivity contribution is 0.415. The van der Waals surface area contributed by atoms with E-state index >= 15 is 0 Å². The highest BCUT2D eigenvalue weighted by Gasteiger charge is 2.10. The smallest absolute Gasteiger partial charge is 0.208 e. The molecule has 2 aromatic carbocycles. The zero-order valence-corrected chi connectivity index (χ0v) is 12.3. The minimum atomic E-state index is -0.138. The lowest BCUT2D eigenvalue weighted by Crippen LogP contribution is -2.08. The molecule has 0 atom stereocenters. The molecule has 3 aromatic rings. The highest BCUT2D eigenvalue weighted by Crippen LogP contribution is 2.20. The van der Waals surface area contributed by atoms with Gasteiger partial charge in [-0.1, -0.05) is 30.0 Å².